The van der Waals surface area contributed by atoms with Crippen LogP contribution in [0.3, 0.4) is 0 Å². The van der Waals surface area contributed by atoms with Gasteiger partial charge in [-0.2, -0.15) is 0 Å². The van der Waals surface area contributed by atoms with E-state index in [1.807, 2.05) is 52.0 Å². The van der Waals surface area contributed by atoms with Crippen LogP contribution in [0, 0.1) is 6.92 Å². The molecule has 3 rings (SSSR count). The number of hydrogen-bond donors (Lipinski definition) is 1. The molecule has 0 saturated heterocycles. The van der Waals surface area contributed by atoms with E-state index in [9.17, 15) is 9.59 Å². The van der Waals surface area contributed by atoms with Crippen LogP contribution >= 0.6 is 0 Å². The van der Waals surface area contributed by atoms with Crippen LogP contribution in [0.25, 0.3) is 10.9 Å². The van der Waals surface area contributed by atoms with E-state index in [4.69, 9.17) is 9.47 Å². The lowest BCUT2D eigenvalue weighted by molar-refractivity contribution is -0.149. The lowest BCUT2D eigenvalue weighted by Gasteiger charge is -2.32. The van der Waals surface area contributed by atoms with E-state index in [0.717, 1.165) is 22.2 Å². The van der Waals surface area contributed by atoms with Gasteiger partial charge in [-0.1, -0.05) is 12.1 Å². The maximum absolute atomic E-state index is 13.0. The highest BCUT2D eigenvalue weighted by molar-refractivity contribution is 5.93. The largest absolute Gasteiger partial charge is 0.456 e. The van der Waals surface area contributed by atoms with Crippen molar-refractivity contribution in [1.82, 2.24) is 9.88 Å². The summed E-state index contributed by atoms with van der Waals surface area (Å²) in [6.07, 6.45) is 4.51. The Morgan fingerprint density at radius 3 is 2.30 bits per heavy atom. The third-order valence-electron chi connectivity index (χ3n) is 4.40. The molecule has 1 aliphatic heterocycles. The Morgan fingerprint density at radius 2 is 1.67 bits per heavy atom. The number of carbonyl (C=O) groups is 2. The fourth-order valence-electron chi connectivity index (χ4n) is 3.25. The quantitative estimate of drug-likeness (QED) is 0.659. The van der Waals surface area contributed by atoms with Gasteiger partial charge in [0.15, 0.2) is 0 Å². The van der Waals surface area contributed by atoms with Crippen molar-refractivity contribution in [2.24, 2.45) is 0 Å². The van der Waals surface area contributed by atoms with E-state index in [2.05, 4.69) is 11.1 Å². The van der Waals surface area contributed by atoms with Crippen LogP contribution < -0.4 is 0 Å². The van der Waals surface area contributed by atoms with Crippen molar-refractivity contribution in [3.63, 3.8) is 0 Å². The highest BCUT2D eigenvalue weighted by Gasteiger charge is 2.31. The molecule has 2 heterocycles. The van der Waals surface area contributed by atoms with Gasteiger partial charge in [-0.15, -0.1) is 0 Å². The third kappa shape index (κ3) is 5.12. The first-order valence-corrected chi connectivity index (χ1v) is 10.1. The Hall–Kier alpha value is -3.02. The Labute approximate surface area is 177 Å². The molecular formula is C24H30N2O4. The third-order valence-corrected chi connectivity index (χ3v) is 4.40. The Kier molecular flexibility index (Phi) is 5.54. The van der Waals surface area contributed by atoms with Crippen LogP contribution in [0.15, 0.2) is 48.2 Å². The number of hydrogen-bond acceptors (Lipinski definition) is 4. The second-order valence-electron chi connectivity index (χ2n) is 9.58. The number of nitrogens with zero attached hydrogens (tertiary/aromatic N) is 1. The predicted octanol–water partition coefficient (Wildman–Crippen LogP) is 5.55. The summed E-state index contributed by atoms with van der Waals surface area (Å²) in [7, 11) is 0. The zero-order valence-corrected chi connectivity index (χ0v) is 18.7. The minimum Gasteiger partial charge on any atom is -0.456 e. The monoisotopic (exact) mass is 410 g/mol. The van der Waals surface area contributed by atoms with Crippen LogP contribution in [0.1, 0.15) is 58.8 Å². The fraction of sp³-hybridized carbons (Fsp3) is 0.417. The Balaban J connectivity index is 1.97. The number of rotatable bonds is 2. The molecule has 1 unspecified atom stereocenters. The normalized spacial score (nSPS) is 17.1. The van der Waals surface area contributed by atoms with Gasteiger partial charge >= 0.3 is 12.1 Å². The summed E-state index contributed by atoms with van der Waals surface area (Å²) in [6, 6.07) is 7.66. The number of nitrogens with one attached hydrogen (secondary N) is 1. The molecule has 160 valence electrons. The molecule has 2 aromatic rings. The second kappa shape index (κ2) is 7.67. The number of ether oxygens (including phenoxy) is 2. The van der Waals surface area contributed by atoms with Gasteiger partial charge < -0.3 is 14.5 Å². The minimum atomic E-state index is -0.662. The number of aromatic amines is 1. The number of aryl methyl sites for hydroxylation is 1. The molecule has 1 N–H and O–H groups in total. The molecule has 0 spiro atoms. The summed E-state index contributed by atoms with van der Waals surface area (Å²) in [5, 5.41) is 1.06. The van der Waals surface area contributed by atoms with E-state index in [-0.39, 0.29) is 0 Å². The van der Waals surface area contributed by atoms with Crippen molar-refractivity contribution in [2.75, 3.05) is 0 Å². The molecule has 0 fully saturated rings. The van der Waals surface area contributed by atoms with E-state index in [1.54, 1.807) is 26.8 Å². The number of aromatic nitrogens is 1. The lowest BCUT2D eigenvalue weighted by Crippen LogP contribution is -2.37. The number of fused-ring (bicyclic) bond motifs is 1. The van der Waals surface area contributed by atoms with Gasteiger partial charge in [0.25, 0.3) is 0 Å². The second-order valence-corrected chi connectivity index (χ2v) is 9.58. The Morgan fingerprint density at radius 1 is 1.00 bits per heavy atom. The molecule has 1 amide bonds. The van der Waals surface area contributed by atoms with Crippen molar-refractivity contribution in [1.29, 1.82) is 0 Å². The number of amides is 1. The lowest BCUT2D eigenvalue weighted by atomic mass is 9.99. The zero-order valence-electron chi connectivity index (χ0n) is 18.7. The van der Waals surface area contributed by atoms with Crippen LogP contribution in [0.4, 0.5) is 4.79 Å². The summed E-state index contributed by atoms with van der Waals surface area (Å²) >= 11 is 0. The minimum absolute atomic E-state index is 0.297. The average molecular weight is 411 g/mol. The van der Waals surface area contributed by atoms with Crippen molar-refractivity contribution >= 4 is 23.0 Å². The van der Waals surface area contributed by atoms with E-state index in [0.29, 0.717) is 5.57 Å². The molecule has 30 heavy (non-hydrogen) atoms. The maximum Gasteiger partial charge on any atom is 0.415 e. The van der Waals surface area contributed by atoms with Gasteiger partial charge in [0.1, 0.15) is 11.2 Å². The highest BCUT2D eigenvalue weighted by Crippen LogP contribution is 2.32. The van der Waals surface area contributed by atoms with Crippen LogP contribution in [0.5, 0.6) is 0 Å². The fourth-order valence-corrected chi connectivity index (χ4v) is 3.25. The topological polar surface area (TPSA) is 71.6 Å². The average Bonchev–Trinajstić information content (AvgIpc) is 2.97. The standard InChI is InChI=1S/C24H30N2O4/c1-15-12-18-13-16(8-10-19(18)25-15)20-11-9-17(21(27)29-23(2,3)4)14-26(20)22(28)30-24(5,6)7/h8-14,20,25H,1-7H3. The van der Waals surface area contributed by atoms with Crippen LogP contribution in [-0.2, 0) is 14.3 Å². The molecular weight excluding hydrogens is 380 g/mol. The molecule has 1 aliphatic rings. The van der Waals surface area contributed by atoms with E-state index < -0.39 is 29.3 Å². The molecule has 6 nitrogen and oxygen atoms in total. The zero-order chi connectivity index (χ0) is 22.3. The molecule has 1 atom stereocenters. The molecule has 0 bridgehead atoms. The Bertz CT molecular complexity index is 1030. The van der Waals surface area contributed by atoms with Crippen molar-refractivity contribution < 1.29 is 19.1 Å². The molecule has 0 radical (unpaired) electrons. The molecule has 1 aromatic heterocycles. The van der Waals surface area contributed by atoms with Crippen LogP contribution in [-0.4, -0.2) is 33.1 Å². The highest BCUT2D eigenvalue weighted by atomic mass is 16.6. The molecule has 6 heteroatoms. The molecule has 0 aliphatic carbocycles. The van der Waals surface area contributed by atoms with Crippen LogP contribution in [0.2, 0.25) is 0 Å². The van der Waals surface area contributed by atoms with Gasteiger partial charge in [0.2, 0.25) is 0 Å². The van der Waals surface area contributed by atoms with Crippen molar-refractivity contribution in [3.05, 3.63) is 59.4 Å². The number of benzene rings is 1. The SMILES string of the molecule is Cc1cc2cc(C3C=CC(C(=O)OC(C)(C)C)=CN3C(=O)OC(C)(C)C)ccc2[nH]1. The first-order valence-electron chi connectivity index (χ1n) is 10.1. The van der Waals surface area contributed by atoms with Gasteiger partial charge in [0.05, 0.1) is 11.6 Å². The van der Waals surface area contributed by atoms with Gasteiger partial charge in [0, 0.05) is 17.4 Å². The first-order chi connectivity index (χ1) is 13.8. The summed E-state index contributed by atoms with van der Waals surface area (Å²) in [5.74, 6) is -0.484. The summed E-state index contributed by atoms with van der Waals surface area (Å²) in [6.45, 7) is 12.9. The number of carbonyl (C=O) groups excluding carboxylic acids is 2. The number of H-pyrrole nitrogens is 1. The van der Waals surface area contributed by atoms with E-state index >= 15 is 0 Å². The maximum atomic E-state index is 13.0. The van der Waals surface area contributed by atoms with Gasteiger partial charge in [-0.25, -0.2) is 9.59 Å². The predicted molar refractivity (Wildman–Crippen MR) is 117 cm³/mol. The van der Waals surface area contributed by atoms with Gasteiger partial charge in [-0.3, -0.25) is 4.90 Å². The first kappa shape index (κ1) is 21.7. The summed E-state index contributed by atoms with van der Waals surface area (Å²) in [5.41, 5.74) is 2.03. The number of esters is 1. The van der Waals surface area contributed by atoms with Crippen molar-refractivity contribution in [2.45, 2.75) is 65.7 Å². The summed E-state index contributed by atoms with van der Waals surface area (Å²) < 4.78 is 11.1. The molecule has 1 aromatic carbocycles. The van der Waals surface area contributed by atoms with Gasteiger partial charge in [-0.05, 0) is 83.7 Å². The van der Waals surface area contributed by atoms with E-state index in [1.165, 1.54) is 11.1 Å². The molecule has 0 saturated carbocycles. The summed E-state index contributed by atoms with van der Waals surface area (Å²) in [4.78, 5) is 30.3. The smallest absolute Gasteiger partial charge is 0.415 e. The van der Waals surface area contributed by atoms with Crippen molar-refractivity contribution in [3.8, 4) is 0 Å².